The fourth-order valence-electron chi connectivity index (χ4n) is 4.48. The van der Waals surface area contributed by atoms with Gasteiger partial charge in [0, 0.05) is 38.6 Å². The number of likely N-dealkylation sites (tertiary alicyclic amines) is 2. The van der Waals surface area contributed by atoms with Crippen molar-refractivity contribution in [3.05, 3.63) is 35.9 Å². The lowest BCUT2D eigenvalue weighted by atomic mass is 9.98. The van der Waals surface area contributed by atoms with Crippen LogP contribution in [0.4, 0.5) is 0 Å². The molecule has 4 rings (SSSR count). The molecule has 2 aliphatic heterocycles. The predicted molar refractivity (Wildman–Crippen MR) is 108 cm³/mol. The molecule has 1 saturated carbocycles. The molecule has 1 N–H and O–H groups in total. The Bertz CT molecular complexity index is 650. The molecule has 5 nitrogen and oxygen atoms in total. The summed E-state index contributed by atoms with van der Waals surface area (Å²) in [7, 11) is 0. The fraction of sp³-hybridized carbons (Fsp3) is 0.619. The molecule has 0 aromatic heterocycles. The van der Waals surface area contributed by atoms with Gasteiger partial charge in [-0.05, 0) is 43.1 Å². The van der Waals surface area contributed by atoms with Gasteiger partial charge in [0.25, 0.3) is 0 Å². The molecule has 27 heavy (non-hydrogen) atoms. The first-order chi connectivity index (χ1) is 12.7. The number of hydrogen-bond donors (Lipinski definition) is 1. The zero-order valence-electron chi connectivity index (χ0n) is 15.8. The zero-order valence-corrected chi connectivity index (χ0v) is 16.6. The van der Waals surface area contributed by atoms with Gasteiger partial charge in [0.05, 0.1) is 6.54 Å². The molecule has 0 bridgehead atoms. The third-order valence-electron chi connectivity index (χ3n) is 6.08. The average Bonchev–Trinajstić information content (AvgIpc) is 3.30. The highest BCUT2D eigenvalue weighted by atomic mass is 35.5. The van der Waals surface area contributed by atoms with Gasteiger partial charge in [0.15, 0.2) is 0 Å². The zero-order chi connectivity index (χ0) is 17.9. The Morgan fingerprint density at radius 3 is 2.59 bits per heavy atom. The summed E-state index contributed by atoms with van der Waals surface area (Å²) in [6.07, 6.45) is 5.13. The van der Waals surface area contributed by atoms with Gasteiger partial charge in [0.2, 0.25) is 11.8 Å². The summed E-state index contributed by atoms with van der Waals surface area (Å²) >= 11 is 0. The summed E-state index contributed by atoms with van der Waals surface area (Å²) in [5.74, 6) is 1.48. The Kier molecular flexibility index (Phi) is 6.77. The molecule has 1 aromatic rings. The number of carbonyl (C=O) groups is 2. The number of rotatable bonds is 7. The molecule has 0 unspecified atom stereocenters. The van der Waals surface area contributed by atoms with Crippen molar-refractivity contribution >= 4 is 24.2 Å². The molecule has 1 aromatic carbocycles. The quantitative estimate of drug-likeness (QED) is 0.774. The first kappa shape index (κ1) is 20.2. The van der Waals surface area contributed by atoms with Crippen molar-refractivity contribution in [2.75, 3.05) is 32.7 Å². The third kappa shape index (κ3) is 5.23. The van der Waals surface area contributed by atoms with Gasteiger partial charge in [-0.3, -0.25) is 9.59 Å². The second kappa shape index (κ2) is 9.07. The molecule has 148 valence electrons. The Morgan fingerprint density at radius 2 is 1.93 bits per heavy atom. The van der Waals surface area contributed by atoms with Gasteiger partial charge in [-0.2, -0.15) is 0 Å². The lowest BCUT2D eigenvalue weighted by Crippen LogP contribution is -2.46. The molecular weight excluding hydrogens is 362 g/mol. The number of nitrogens with zero attached hydrogens (tertiary/aromatic N) is 2. The number of hydrogen-bond acceptors (Lipinski definition) is 3. The SMILES string of the molecule is Cl.O=C(CN1CCCC1=O)N[C@H]1CN(CCc2ccccc2)C[C@@H]1C1CC1. The third-order valence-corrected chi connectivity index (χ3v) is 6.08. The van der Waals surface area contributed by atoms with Gasteiger partial charge in [0.1, 0.15) is 0 Å². The molecule has 3 fully saturated rings. The van der Waals surface area contributed by atoms with Gasteiger partial charge in [-0.15, -0.1) is 12.4 Å². The van der Waals surface area contributed by atoms with E-state index < -0.39 is 0 Å². The first-order valence-electron chi connectivity index (χ1n) is 10.0. The van der Waals surface area contributed by atoms with E-state index in [1.807, 2.05) is 0 Å². The van der Waals surface area contributed by atoms with Crippen LogP contribution in [0.15, 0.2) is 30.3 Å². The van der Waals surface area contributed by atoms with Crippen LogP contribution in [0.3, 0.4) is 0 Å². The molecule has 0 spiro atoms. The molecule has 3 aliphatic rings. The van der Waals surface area contributed by atoms with Gasteiger partial charge >= 0.3 is 0 Å². The minimum Gasteiger partial charge on any atom is -0.350 e. The molecule has 0 radical (unpaired) electrons. The van der Waals surface area contributed by atoms with Crippen molar-refractivity contribution in [1.82, 2.24) is 15.1 Å². The summed E-state index contributed by atoms with van der Waals surface area (Å²) in [6, 6.07) is 10.8. The van der Waals surface area contributed by atoms with E-state index >= 15 is 0 Å². The second-order valence-corrected chi connectivity index (χ2v) is 8.09. The Labute approximate surface area is 167 Å². The summed E-state index contributed by atoms with van der Waals surface area (Å²) < 4.78 is 0. The van der Waals surface area contributed by atoms with Crippen LogP contribution in [0.5, 0.6) is 0 Å². The maximum absolute atomic E-state index is 12.5. The van der Waals surface area contributed by atoms with Crippen LogP contribution in [-0.4, -0.2) is 60.4 Å². The van der Waals surface area contributed by atoms with Crippen LogP contribution in [0.1, 0.15) is 31.2 Å². The van der Waals surface area contributed by atoms with Gasteiger partial charge in [-0.25, -0.2) is 0 Å². The molecular formula is C21H30ClN3O2. The van der Waals surface area contributed by atoms with E-state index in [4.69, 9.17) is 0 Å². The molecule has 6 heteroatoms. The summed E-state index contributed by atoms with van der Waals surface area (Å²) in [5.41, 5.74) is 1.37. The molecule has 2 heterocycles. The van der Waals surface area contributed by atoms with Crippen molar-refractivity contribution < 1.29 is 9.59 Å². The monoisotopic (exact) mass is 391 g/mol. The first-order valence-corrected chi connectivity index (χ1v) is 10.0. The van der Waals surface area contributed by atoms with E-state index in [0.717, 1.165) is 44.9 Å². The summed E-state index contributed by atoms with van der Waals surface area (Å²) in [5, 5.41) is 3.25. The topological polar surface area (TPSA) is 52.7 Å². The van der Waals surface area contributed by atoms with Gasteiger partial charge < -0.3 is 15.1 Å². The van der Waals surface area contributed by atoms with E-state index in [9.17, 15) is 9.59 Å². The van der Waals surface area contributed by atoms with E-state index in [0.29, 0.717) is 12.3 Å². The molecule has 2 saturated heterocycles. The van der Waals surface area contributed by atoms with Crippen molar-refractivity contribution in [2.24, 2.45) is 11.8 Å². The number of amides is 2. The van der Waals surface area contributed by atoms with Crippen molar-refractivity contribution in [3.63, 3.8) is 0 Å². The maximum Gasteiger partial charge on any atom is 0.239 e. The van der Waals surface area contributed by atoms with E-state index in [1.165, 1.54) is 18.4 Å². The van der Waals surface area contributed by atoms with Crippen LogP contribution >= 0.6 is 12.4 Å². The van der Waals surface area contributed by atoms with Crippen molar-refractivity contribution in [1.29, 1.82) is 0 Å². The van der Waals surface area contributed by atoms with E-state index in [2.05, 4.69) is 40.5 Å². The van der Waals surface area contributed by atoms with Crippen LogP contribution in [0, 0.1) is 11.8 Å². The second-order valence-electron chi connectivity index (χ2n) is 8.09. The number of carbonyl (C=O) groups excluding carboxylic acids is 2. The van der Waals surface area contributed by atoms with Gasteiger partial charge in [-0.1, -0.05) is 30.3 Å². The minimum atomic E-state index is 0. The Balaban J connectivity index is 0.00000210. The standard InChI is InChI=1S/C21H29N3O2.ClH/c25-20(15-24-11-4-7-21(24)26)22-19-14-23(13-18(19)17-8-9-17)12-10-16-5-2-1-3-6-16;/h1-3,5-6,17-19H,4,7-15H2,(H,22,25);1H/t18-,19+;/m1./s1. The smallest absolute Gasteiger partial charge is 0.239 e. The highest BCUT2D eigenvalue weighted by Crippen LogP contribution is 2.41. The van der Waals surface area contributed by atoms with Crippen LogP contribution in [0.25, 0.3) is 0 Å². The molecule has 1 aliphatic carbocycles. The van der Waals surface area contributed by atoms with E-state index in [1.54, 1.807) is 4.90 Å². The average molecular weight is 392 g/mol. The lowest BCUT2D eigenvalue weighted by molar-refractivity contribution is -0.133. The van der Waals surface area contributed by atoms with Crippen LogP contribution < -0.4 is 5.32 Å². The Morgan fingerprint density at radius 1 is 1.15 bits per heavy atom. The predicted octanol–water partition coefficient (Wildman–Crippen LogP) is 2.10. The highest BCUT2D eigenvalue weighted by molar-refractivity contribution is 5.86. The fourth-order valence-corrected chi connectivity index (χ4v) is 4.48. The lowest BCUT2D eigenvalue weighted by Gasteiger charge is -2.22. The number of nitrogens with one attached hydrogen (secondary N) is 1. The van der Waals surface area contributed by atoms with Crippen LogP contribution in [0.2, 0.25) is 0 Å². The molecule has 2 atom stereocenters. The van der Waals surface area contributed by atoms with Crippen LogP contribution in [-0.2, 0) is 16.0 Å². The minimum absolute atomic E-state index is 0. The number of benzene rings is 1. The summed E-state index contributed by atoms with van der Waals surface area (Å²) in [6.45, 7) is 4.03. The highest BCUT2D eigenvalue weighted by Gasteiger charge is 2.42. The van der Waals surface area contributed by atoms with Crippen molar-refractivity contribution in [2.45, 2.75) is 38.1 Å². The summed E-state index contributed by atoms with van der Waals surface area (Å²) in [4.78, 5) is 28.4. The molecule has 2 amide bonds. The van der Waals surface area contributed by atoms with E-state index in [-0.39, 0.29) is 36.8 Å². The maximum atomic E-state index is 12.5. The van der Waals surface area contributed by atoms with Crippen molar-refractivity contribution in [3.8, 4) is 0 Å². The Hall–Kier alpha value is -1.59. The normalized spacial score (nSPS) is 25.5. The largest absolute Gasteiger partial charge is 0.350 e. The number of halogens is 1.